The largest absolute Gasteiger partial charge is 0.481 e. The molecule has 5 heteroatoms. The van der Waals surface area contributed by atoms with E-state index in [0.717, 1.165) is 6.42 Å². The molecule has 2 rings (SSSR count). The lowest BCUT2D eigenvalue weighted by atomic mass is 9.82. The summed E-state index contributed by atoms with van der Waals surface area (Å²) in [6.45, 7) is 0. The molecule has 0 bridgehead atoms. The number of Topliss-reactive ketones (excluding diaryl/α,β-unsaturated/α-hetero) is 2. The van der Waals surface area contributed by atoms with Crippen molar-refractivity contribution in [2.45, 2.75) is 89.6 Å². The Kier molecular flexibility index (Phi) is 9.19. The van der Waals surface area contributed by atoms with Crippen LogP contribution in [0.15, 0.2) is 12.2 Å². The van der Waals surface area contributed by atoms with E-state index in [1.807, 2.05) is 12.2 Å². The molecule has 2 aliphatic carbocycles. The monoisotopic (exact) mass is 378 g/mol. The maximum atomic E-state index is 12.2. The van der Waals surface area contributed by atoms with Crippen LogP contribution in [-0.2, 0) is 14.4 Å². The molecule has 2 fully saturated rings. The molecule has 0 aromatic carbocycles. The Morgan fingerprint density at radius 1 is 1.07 bits per heavy atom. The van der Waals surface area contributed by atoms with Crippen LogP contribution in [-0.4, -0.2) is 33.9 Å². The minimum Gasteiger partial charge on any atom is -0.481 e. The van der Waals surface area contributed by atoms with Gasteiger partial charge in [-0.1, -0.05) is 44.3 Å². The number of carboxylic acids is 1. The predicted molar refractivity (Wildman–Crippen MR) is 103 cm³/mol. The molecular weight excluding hydrogens is 344 g/mol. The van der Waals surface area contributed by atoms with Gasteiger partial charge in [0.1, 0.15) is 11.6 Å². The number of unbranched alkanes of at least 4 members (excludes halogenated alkanes) is 1. The van der Waals surface area contributed by atoms with Gasteiger partial charge in [-0.05, 0) is 44.4 Å². The van der Waals surface area contributed by atoms with Crippen LogP contribution in [0.2, 0.25) is 0 Å². The first-order chi connectivity index (χ1) is 13.0. The van der Waals surface area contributed by atoms with Gasteiger partial charge in [0, 0.05) is 18.3 Å². The van der Waals surface area contributed by atoms with Gasteiger partial charge in [-0.25, -0.2) is 0 Å². The molecule has 2 N–H and O–H groups in total. The summed E-state index contributed by atoms with van der Waals surface area (Å²) in [5, 5.41) is 19.0. The summed E-state index contributed by atoms with van der Waals surface area (Å²) in [7, 11) is 0. The molecule has 0 aromatic rings. The highest BCUT2D eigenvalue weighted by Gasteiger charge is 2.40. The second kappa shape index (κ2) is 11.4. The summed E-state index contributed by atoms with van der Waals surface area (Å²) >= 11 is 0. The van der Waals surface area contributed by atoms with Crippen molar-refractivity contribution in [2.75, 3.05) is 0 Å². The first-order valence-electron chi connectivity index (χ1n) is 10.6. The van der Waals surface area contributed by atoms with Crippen molar-refractivity contribution < 1.29 is 24.6 Å². The third-order valence-corrected chi connectivity index (χ3v) is 6.12. The number of aliphatic carboxylic acids is 1. The van der Waals surface area contributed by atoms with Crippen LogP contribution in [0.4, 0.5) is 0 Å². The molecule has 5 nitrogen and oxygen atoms in total. The number of hydrogen-bond acceptors (Lipinski definition) is 4. The van der Waals surface area contributed by atoms with Gasteiger partial charge in [-0.15, -0.1) is 0 Å². The molecule has 0 radical (unpaired) electrons. The maximum absolute atomic E-state index is 12.2. The summed E-state index contributed by atoms with van der Waals surface area (Å²) in [6.07, 6.45) is 13.7. The zero-order chi connectivity index (χ0) is 19.6. The zero-order valence-corrected chi connectivity index (χ0v) is 16.3. The van der Waals surface area contributed by atoms with Gasteiger partial charge in [0.15, 0.2) is 0 Å². The molecule has 27 heavy (non-hydrogen) atoms. The highest BCUT2D eigenvalue weighted by Crippen LogP contribution is 2.34. The van der Waals surface area contributed by atoms with Crippen LogP contribution in [0.3, 0.4) is 0 Å². The van der Waals surface area contributed by atoms with E-state index in [0.29, 0.717) is 38.0 Å². The highest BCUT2D eigenvalue weighted by atomic mass is 16.4. The lowest BCUT2D eigenvalue weighted by Crippen LogP contribution is -2.21. The second-order valence-electron chi connectivity index (χ2n) is 8.29. The molecule has 0 unspecified atom stereocenters. The second-order valence-corrected chi connectivity index (χ2v) is 8.29. The highest BCUT2D eigenvalue weighted by molar-refractivity contribution is 6.08. The third kappa shape index (κ3) is 7.57. The molecule has 0 spiro atoms. The van der Waals surface area contributed by atoms with Gasteiger partial charge in [0.05, 0.1) is 12.5 Å². The van der Waals surface area contributed by atoms with Crippen molar-refractivity contribution in [2.24, 2.45) is 17.8 Å². The van der Waals surface area contributed by atoms with Gasteiger partial charge in [0.2, 0.25) is 0 Å². The number of ketones is 2. The van der Waals surface area contributed by atoms with E-state index in [1.54, 1.807) is 0 Å². The first kappa shape index (κ1) is 21.8. The van der Waals surface area contributed by atoms with E-state index < -0.39 is 5.97 Å². The van der Waals surface area contributed by atoms with Crippen molar-refractivity contribution in [3.63, 3.8) is 0 Å². The summed E-state index contributed by atoms with van der Waals surface area (Å²) < 4.78 is 0. The lowest BCUT2D eigenvalue weighted by Gasteiger charge is -2.25. The molecule has 0 amide bonds. The van der Waals surface area contributed by atoms with Crippen LogP contribution in [0, 0.1) is 17.8 Å². The number of hydrogen-bond donors (Lipinski definition) is 2. The molecule has 2 saturated carbocycles. The van der Waals surface area contributed by atoms with Crippen LogP contribution in [0.25, 0.3) is 0 Å². The van der Waals surface area contributed by atoms with Crippen LogP contribution in [0.1, 0.15) is 83.5 Å². The summed E-state index contributed by atoms with van der Waals surface area (Å²) in [5.74, 6) is -0.681. The van der Waals surface area contributed by atoms with Crippen LogP contribution < -0.4 is 0 Å². The number of aliphatic hydroxyl groups is 1. The number of carbonyl (C=O) groups excluding carboxylic acids is 2. The van der Waals surface area contributed by atoms with Crippen molar-refractivity contribution in [3.05, 3.63) is 12.2 Å². The van der Waals surface area contributed by atoms with E-state index in [-0.39, 0.29) is 42.3 Å². The fourth-order valence-corrected chi connectivity index (χ4v) is 4.57. The van der Waals surface area contributed by atoms with Gasteiger partial charge in [-0.2, -0.15) is 0 Å². The minimum atomic E-state index is -0.799. The van der Waals surface area contributed by atoms with Crippen molar-refractivity contribution in [3.8, 4) is 0 Å². The Bertz CT molecular complexity index is 533. The van der Waals surface area contributed by atoms with Gasteiger partial charge in [0.25, 0.3) is 0 Å². The predicted octanol–water partition coefficient (Wildman–Crippen LogP) is 4.07. The smallest absolute Gasteiger partial charge is 0.303 e. The van der Waals surface area contributed by atoms with E-state index in [9.17, 15) is 19.5 Å². The molecule has 0 aliphatic heterocycles. The fraction of sp³-hybridized carbons (Fsp3) is 0.773. The van der Waals surface area contributed by atoms with Gasteiger partial charge >= 0.3 is 5.97 Å². The Labute approximate surface area is 162 Å². The van der Waals surface area contributed by atoms with Crippen molar-refractivity contribution in [1.82, 2.24) is 0 Å². The molecule has 0 saturated heterocycles. The first-order valence-corrected chi connectivity index (χ1v) is 10.6. The van der Waals surface area contributed by atoms with E-state index in [2.05, 4.69) is 0 Å². The molecule has 2 aliphatic rings. The number of allylic oxidation sites excluding steroid dienone is 2. The standard InChI is InChI=1S/C22H34O5/c23-17(14-16-8-4-3-5-9-16)12-13-19-18(20(24)15-21(19)25)10-6-1-2-7-11-22(26)27/h1,6,16-19,23H,2-5,7-15H2,(H,26,27)/b6-1-/t17-,18+,19-/m1/s1. The van der Waals surface area contributed by atoms with Crippen molar-refractivity contribution in [1.29, 1.82) is 0 Å². The molecule has 0 heterocycles. The average Bonchev–Trinajstić information content (AvgIpc) is 2.89. The average molecular weight is 379 g/mol. The topological polar surface area (TPSA) is 91.7 Å². The number of carboxylic acid groups (broad SMARTS) is 1. The van der Waals surface area contributed by atoms with E-state index in [1.165, 1.54) is 32.1 Å². The Balaban J connectivity index is 1.75. The Morgan fingerprint density at radius 3 is 2.48 bits per heavy atom. The molecule has 0 aromatic heterocycles. The summed E-state index contributed by atoms with van der Waals surface area (Å²) in [4.78, 5) is 34.9. The minimum absolute atomic E-state index is 0.0157. The van der Waals surface area contributed by atoms with Crippen LogP contribution >= 0.6 is 0 Å². The number of rotatable bonds is 11. The number of aliphatic hydroxyl groups excluding tert-OH is 1. The SMILES string of the molecule is O=C(O)CCC/C=C\C[C@@H]1C(=O)CC(=O)[C@@H]1CC[C@@H](O)CC1CCCCC1. The lowest BCUT2D eigenvalue weighted by molar-refractivity contribution is -0.137. The molecule has 152 valence electrons. The quantitative estimate of drug-likeness (QED) is 0.321. The molecular formula is C22H34O5. The normalized spacial score (nSPS) is 25.4. The van der Waals surface area contributed by atoms with E-state index in [4.69, 9.17) is 5.11 Å². The third-order valence-electron chi connectivity index (χ3n) is 6.12. The maximum Gasteiger partial charge on any atom is 0.303 e. The van der Waals surface area contributed by atoms with Gasteiger partial charge in [-0.3, -0.25) is 14.4 Å². The van der Waals surface area contributed by atoms with Gasteiger partial charge < -0.3 is 10.2 Å². The fourth-order valence-electron chi connectivity index (χ4n) is 4.57. The summed E-state index contributed by atoms with van der Waals surface area (Å²) in [5.41, 5.74) is 0. The van der Waals surface area contributed by atoms with Crippen molar-refractivity contribution >= 4 is 17.5 Å². The van der Waals surface area contributed by atoms with Crippen LogP contribution in [0.5, 0.6) is 0 Å². The summed E-state index contributed by atoms with van der Waals surface area (Å²) in [6, 6.07) is 0. The Morgan fingerprint density at radius 2 is 1.78 bits per heavy atom. The Hall–Kier alpha value is -1.49. The molecule has 3 atom stereocenters. The van der Waals surface area contributed by atoms with E-state index >= 15 is 0 Å². The number of carbonyl (C=O) groups is 3. The zero-order valence-electron chi connectivity index (χ0n) is 16.3.